The van der Waals surface area contributed by atoms with Gasteiger partial charge in [0.25, 0.3) is 0 Å². The van der Waals surface area contributed by atoms with Gasteiger partial charge < -0.3 is 10.1 Å². The summed E-state index contributed by atoms with van der Waals surface area (Å²) in [4.78, 5) is 9.23. The molecule has 0 radical (unpaired) electrons. The van der Waals surface area contributed by atoms with E-state index in [1.165, 1.54) is 0 Å². The molecule has 0 aromatic carbocycles. The molecule has 4 nitrogen and oxygen atoms in total. The van der Waals surface area contributed by atoms with Gasteiger partial charge >= 0.3 is 0 Å². The van der Waals surface area contributed by atoms with E-state index >= 15 is 0 Å². The molecular weight excluding hydrogens is 238 g/mol. The fourth-order valence-electron chi connectivity index (χ4n) is 2.06. The predicted octanol–water partition coefficient (Wildman–Crippen LogP) is 3.59. The number of hydrogen-bond donors (Lipinski definition) is 1. The zero-order valence-corrected chi connectivity index (χ0v) is 12.9. The Morgan fingerprint density at radius 1 is 1.26 bits per heavy atom. The molecule has 0 saturated heterocycles. The second-order valence-corrected chi connectivity index (χ2v) is 5.18. The first-order chi connectivity index (χ1) is 9.10. The zero-order valence-electron chi connectivity index (χ0n) is 12.9. The van der Waals surface area contributed by atoms with E-state index in [2.05, 4.69) is 36.1 Å². The van der Waals surface area contributed by atoms with Crippen LogP contribution in [0, 0.1) is 5.92 Å². The fraction of sp³-hybridized carbons (Fsp3) is 0.733. The molecule has 0 amide bonds. The van der Waals surface area contributed by atoms with Crippen molar-refractivity contribution < 1.29 is 4.74 Å². The van der Waals surface area contributed by atoms with Crippen molar-refractivity contribution in [1.29, 1.82) is 0 Å². The second-order valence-electron chi connectivity index (χ2n) is 5.18. The lowest BCUT2D eigenvalue weighted by molar-refractivity contribution is 0.0493. The average molecular weight is 265 g/mol. The van der Waals surface area contributed by atoms with Crippen molar-refractivity contribution in [2.24, 2.45) is 5.92 Å². The van der Waals surface area contributed by atoms with Gasteiger partial charge in [-0.2, -0.15) is 0 Å². The lowest BCUT2D eigenvalue weighted by Gasteiger charge is -2.17. The van der Waals surface area contributed by atoms with Crippen LogP contribution in [-0.4, -0.2) is 23.6 Å². The molecule has 0 aliphatic rings. The molecule has 1 atom stereocenters. The first-order valence-corrected chi connectivity index (χ1v) is 7.27. The summed E-state index contributed by atoms with van der Waals surface area (Å²) in [5.41, 5.74) is 1.09. The summed E-state index contributed by atoms with van der Waals surface area (Å²) in [7, 11) is 1.89. The Kier molecular flexibility index (Phi) is 6.78. The van der Waals surface area contributed by atoms with Crippen LogP contribution in [-0.2, 0) is 11.2 Å². The van der Waals surface area contributed by atoms with E-state index in [1.807, 2.05) is 20.0 Å². The highest BCUT2D eigenvalue weighted by molar-refractivity contribution is 5.35. The molecule has 1 heterocycles. The minimum absolute atomic E-state index is 0.00853. The maximum atomic E-state index is 5.78. The summed E-state index contributed by atoms with van der Waals surface area (Å²) in [5, 5.41) is 3.11. The van der Waals surface area contributed by atoms with Crippen LogP contribution in [0.2, 0.25) is 0 Å². The molecule has 1 aromatic heterocycles. The van der Waals surface area contributed by atoms with Crippen LogP contribution < -0.4 is 5.32 Å². The third kappa shape index (κ3) is 5.15. The highest BCUT2D eigenvalue weighted by Gasteiger charge is 2.16. The van der Waals surface area contributed by atoms with Crippen molar-refractivity contribution >= 4 is 5.82 Å². The van der Waals surface area contributed by atoms with E-state index in [1.54, 1.807) is 0 Å². The van der Waals surface area contributed by atoms with Gasteiger partial charge in [0.2, 0.25) is 0 Å². The van der Waals surface area contributed by atoms with Crippen LogP contribution in [0.1, 0.15) is 58.2 Å². The van der Waals surface area contributed by atoms with Crippen molar-refractivity contribution in [3.8, 4) is 0 Å². The number of nitrogens with one attached hydrogen (secondary N) is 1. The fourth-order valence-corrected chi connectivity index (χ4v) is 2.06. The second kappa shape index (κ2) is 8.10. The summed E-state index contributed by atoms with van der Waals surface area (Å²) in [5.74, 6) is 2.27. The van der Waals surface area contributed by atoms with E-state index in [0.717, 1.165) is 36.6 Å². The van der Waals surface area contributed by atoms with Gasteiger partial charge in [0.15, 0.2) is 5.82 Å². The molecule has 1 N–H and O–H groups in total. The van der Waals surface area contributed by atoms with Gasteiger partial charge in [0.1, 0.15) is 11.9 Å². The highest BCUT2D eigenvalue weighted by Crippen LogP contribution is 2.22. The van der Waals surface area contributed by atoms with Crippen LogP contribution in [0.25, 0.3) is 0 Å². The normalized spacial score (nSPS) is 12.7. The maximum Gasteiger partial charge on any atom is 0.159 e. The number of hydrogen-bond acceptors (Lipinski definition) is 4. The largest absolute Gasteiger partial charge is 0.373 e. The third-order valence-electron chi connectivity index (χ3n) is 2.88. The van der Waals surface area contributed by atoms with Crippen LogP contribution in [0.5, 0.6) is 0 Å². The standard InChI is InChI=1S/C15H27N3O/c1-6-8-13(19-7-2)15-17-12(9-11(3)4)10-14(16-5)18-15/h10-11,13H,6-9H2,1-5H3,(H,16,17,18). The molecule has 0 fully saturated rings. The molecule has 0 bridgehead atoms. The summed E-state index contributed by atoms with van der Waals surface area (Å²) >= 11 is 0. The van der Waals surface area contributed by atoms with Gasteiger partial charge in [0.05, 0.1) is 0 Å². The monoisotopic (exact) mass is 265 g/mol. The topological polar surface area (TPSA) is 47.0 Å². The molecule has 4 heteroatoms. The van der Waals surface area contributed by atoms with E-state index in [4.69, 9.17) is 4.74 Å². The maximum absolute atomic E-state index is 5.78. The van der Waals surface area contributed by atoms with Crippen LogP contribution >= 0.6 is 0 Å². The molecule has 0 aliphatic heterocycles. The van der Waals surface area contributed by atoms with Crippen molar-refractivity contribution in [2.45, 2.75) is 53.1 Å². The Labute approximate surface area is 117 Å². The lowest BCUT2D eigenvalue weighted by Crippen LogP contribution is -2.12. The van der Waals surface area contributed by atoms with Gasteiger partial charge in [-0.3, -0.25) is 0 Å². The van der Waals surface area contributed by atoms with Crippen LogP contribution in [0.3, 0.4) is 0 Å². The Hall–Kier alpha value is -1.16. The molecule has 0 saturated carbocycles. The van der Waals surface area contributed by atoms with Gasteiger partial charge in [-0.1, -0.05) is 27.2 Å². The van der Waals surface area contributed by atoms with Crippen LogP contribution in [0.15, 0.2) is 6.07 Å². The molecule has 1 rings (SSSR count). The summed E-state index contributed by atoms with van der Waals surface area (Å²) in [6, 6.07) is 2.03. The zero-order chi connectivity index (χ0) is 14.3. The molecule has 0 aliphatic carbocycles. The number of rotatable bonds is 8. The quantitative estimate of drug-likeness (QED) is 0.780. The third-order valence-corrected chi connectivity index (χ3v) is 2.88. The van der Waals surface area contributed by atoms with E-state index in [0.29, 0.717) is 12.5 Å². The minimum atomic E-state index is 0.00853. The van der Waals surface area contributed by atoms with Gasteiger partial charge in [0, 0.05) is 25.4 Å². The number of nitrogens with zero attached hydrogens (tertiary/aromatic N) is 2. The van der Waals surface area contributed by atoms with Crippen molar-refractivity contribution in [3.05, 3.63) is 17.6 Å². The molecule has 0 spiro atoms. The predicted molar refractivity (Wildman–Crippen MR) is 79.4 cm³/mol. The van der Waals surface area contributed by atoms with E-state index < -0.39 is 0 Å². The smallest absolute Gasteiger partial charge is 0.159 e. The van der Waals surface area contributed by atoms with Crippen molar-refractivity contribution in [1.82, 2.24) is 9.97 Å². The Morgan fingerprint density at radius 3 is 2.53 bits per heavy atom. The SMILES string of the molecule is CCCC(OCC)c1nc(CC(C)C)cc(NC)n1. The van der Waals surface area contributed by atoms with Gasteiger partial charge in [-0.25, -0.2) is 9.97 Å². The van der Waals surface area contributed by atoms with Crippen molar-refractivity contribution in [3.63, 3.8) is 0 Å². The number of aromatic nitrogens is 2. The molecule has 108 valence electrons. The van der Waals surface area contributed by atoms with E-state index in [9.17, 15) is 0 Å². The minimum Gasteiger partial charge on any atom is -0.373 e. The van der Waals surface area contributed by atoms with Gasteiger partial charge in [-0.05, 0) is 25.7 Å². The summed E-state index contributed by atoms with van der Waals surface area (Å²) < 4.78 is 5.78. The Morgan fingerprint density at radius 2 is 2.00 bits per heavy atom. The van der Waals surface area contributed by atoms with Gasteiger partial charge in [-0.15, -0.1) is 0 Å². The average Bonchev–Trinajstić information content (AvgIpc) is 2.37. The van der Waals surface area contributed by atoms with Crippen molar-refractivity contribution in [2.75, 3.05) is 19.0 Å². The van der Waals surface area contributed by atoms with Crippen LogP contribution in [0.4, 0.5) is 5.82 Å². The summed E-state index contributed by atoms with van der Waals surface area (Å²) in [6.07, 6.45) is 3.00. The molecule has 1 unspecified atom stereocenters. The first kappa shape index (κ1) is 15.9. The number of ether oxygens (including phenoxy) is 1. The van der Waals surface area contributed by atoms with E-state index in [-0.39, 0.29) is 6.10 Å². The Balaban J connectivity index is 3.02. The highest BCUT2D eigenvalue weighted by atomic mass is 16.5. The first-order valence-electron chi connectivity index (χ1n) is 7.27. The molecular formula is C15H27N3O. The lowest BCUT2D eigenvalue weighted by atomic mass is 10.1. The summed E-state index contributed by atoms with van der Waals surface area (Å²) in [6.45, 7) is 9.26. The number of anilines is 1. The molecule has 1 aromatic rings. The Bertz CT molecular complexity index is 374. The molecule has 19 heavy (non-hydrogen) atoms.